The van der Waals surface area contributed by atoms with E-state index in [1.165, 1.54) is 96.3 Å². The van der Waals surface area contributed by atoms with E-state index in [1.54, 1.807) is 6.92 Å². The molecule has 1 N–H and O–H groups in total. The summed E-state index contributed by atoms with van der Waals surface area (Å²) in [7, 11) is -0.884. The van der Waals surface area contributed by atoms with Crippen molar-refractivity contribution >= 4 is 27.1 Å². The number of ether oxygens (including phenoxy) is 3. The van der Waals surface area contributed by atoms with E-state index >= 15 is 0 Å². The predicted octanol–water partition coefficient (Wildman–Crippen LogP) is 9.19. The Hall–Kier alpha value is -0.200. The molecule has 0 aromatic carbocycles. The number of esters is 1. The van der Waals surface area contributed by atoms with Gasteiger partial charge in [-0.15, -0.1) is 12.6 Å². The van der Waals surface area contributed by atoms with E-state index in [1.807, 2.05) is 6.92 Å². The van der Waals surface area contributed by atoms with Crippen molar-refractivity contribution in [3.63, 3.8) is 0 Å². The summed E-state index contributed by atoms with van der Waals surface area (Å²) in [5.41, 5.74) is -2.97. The van der Waals surface area contributed by atoms with Crippen molar-refractivity contribution in [2.75, 3.05) is 6.61 Å². The molecule has 220 valence electrons. The largest absolute Gasteiger partial charge is 0.461 e. The Morgan fingerprint density at radius 2 is 1.27 bits per heavy atom. The van der Waals surface area contributed by atoms with Crippen molar-refractivity contribution < 1.29 is 28.7 Å². The molecule has 0 rings (SSSR count). The van der Waals surface area contributed by atoms with Gasteiger partial charge in [0, 0.05) is 0 Å². The number of thiol groups is 1. The Balaban J connectivity index is 4.63. The van der Waals surface area contributed by atoms with Crippen molar-refractivity contribution in [2.24, 2.45) is 5.92 Å². The minimum Gasteiger partial charge on any atom is -0.461 e. The quantitative estimate of drug-likeness (QED) is 0.0340. The van der Waals surface area contributed by atoms with Crippen LogP contribution in [0.4, 0.5) is 0 Å². The predicted molar refractivity (Wildman–Crippen MR) is 156 cm³/mol. The lowest BCUT2D eigenvalue weighted by molar-refractivity contribution is -0.258. The highest BCUT2D eigenvalue weighted by Crippen LogP contribution is 2.30. The van der Waals surface area contributed by atoms with Gasteiger partial charge in [0.15, 0.2) is 6.29 Å². The van der Waals surface area contributed by atoms with Gasteiger partial charge in [-0.25, -0.2) is 4.79 Å². The maximum Gasteiger partial charge on any atom is 0.379 e. The molecule has 0 aromatic heterocycles. The molecule has 4 atom stereocenters. The van der Waals surface area contributed by atoms with Crippen LogP contribution in [0.1, 0.15) is 150 Å². The van der Waals surface area contributed by atoms with Gasteiger partial charge in [0.25, 0.3) is 0 Å². The Morgan fingerprint density at radius 1 is 0.811 bits per heavy atom. The molecular weight excluding hydrogens is 507 g/mol. The lowest BCUT2D eigenvalue weighted by atomic mass is 9.91. The zero-order chi connectivity index (χ0) is 27.8. The standard InChI is InChI=1S/C29H57O6PS/c1-5-9-11-13-14-15-16-17-19-21-23-25(22-20-18-12-10-6-2)24-27(37)34-26(7-3)35-29(31,36-32)28(30)33-8-4/h25-27,31,37H,5-24H2,1-4H3. The van der Waals surface area contributed by atoms with E-state index < -0.39 is 31.7 Å². The number of rotatable bonds is 27. The van der Waals surface area contributed by atoms with Crippen LogP contribution in [-0.4, -0.2) is 34.9 Å². The fourth-order valence-electron chi connectivity index (χ4n) is 4.58. The maximum absolute atomic E-state index is 12.0. The molecule has 0 aliphatic heterocycles. The van der Waals surface area contributed by atoms with E-state index in [9.17, 15) is 14.5 Å². The van der Waals surface area contributed by atoms with Crippen molar-refractivity contribution in [2.45, 2.75) is 167 Å². The molecule has 0 radical (unpaired) electrons. The molecular formula is C29H57O6PS. The number of aliphatic hydroxyl groups is 1. The first-order valence-electron chi connectivity index (χ1n) is 15.1. The van der Waals surface area contributed by atoms with Crippen molar-refractivity contribution in [1.82, 2.24) is 0 Å². The Labute approximate surface area is 235 Å². The van der Waals surface area contributed by atoms with Crippen LogP contribution in [0.25, 0.3) is 0 Å². The highest BCUT2D eigenvalue weighted by atomic mass is 32.1. The third kappa shape index (κ3) is 19.5. The molecule has 0 saturated carbocycles. The highest BCUT2D eigenvalue weighted by Gasteiger charge is 2.43. The number of unbranched alkanes of at least 4 members (excludes halogenated alkanes) is 13. The molecule has 0 bridgehead atoms. The van der Waals surface area contributed by atoms with Crippen molar-refractivity contribution in [3.05, 3.63) is 0 Å². The first-order chi connectivity index (χ1) is 17.9. The van der Waals surface area contributed by atoms with Crippen LogP contribution < -0.4 is 0 Å². The molecule has 0 heterocycles. The average Bonchev–Trinajstić information content (AvgIpc) is 2.88. The third-order valence-corrected chi connectivity index (χ3v) is 7.69. The molecule has 0 amide bonds. The second-order valence-electron chi connectivity index (χ2n) is 10.2. The number of carbonyl (C=O) groups is 1. The van der Waals surface area contributed by atoms with E-state index in [4.69, 9.17) is 14.2 Å². The molecule has 0 saturated heterocycles. The topological polar surface area (TPSA) is 82.1 Å². The summed E-state index contributed by atoms with van der Waals surface area (Å²) in [5, 5.41) is 10.3. The van der Waals surface area contributed by atoms with E-state index in [0.717, 1.165) is 19.3 Å². The van der Waals surface area contributed by atoms with E-state index in [2.05, 4.69) is 26.5 Å². The van der Waals surface area contributed by atoms with Gasteiger partial charge in [0.2, 0.25) is 8.46 Å². The molecule has 0 aliphatic rings. The fourth-order valence-corrected chi connectivity index (χ4v) is 5.31. The van der Waals surface area contributed by atoms with Gasteiger partial charge in [-0.1, -0.05) is 130 Å². The summed E-state index contributed by atoms with van der Waals surface area (Å²) in [5.74, 6) is -0.576. The summed E-state index contributed by atoms with van der Waals surface area (Å²) in [6.07, 6.45) is 22.2. The summed E-state index contributed by atoms with van der Waals surface area (Å²) in [4.78, 5) is 12.0. The normalized spacial score (nSPS) is 15.8. The SMILES string of the molecule is CCCCCCCCCCCCC(CCCCCCC)CC(S)OC(CC)OC(O)(P=O)C(=O)OCC. The zero-order valence-corrected chi connectivity index (χ0v) is 26.0. The summed E-state index contributed by atoms with van der Waals surface area (Å²) < 4.78 is 27.6. The minimum absolute atomic E-state index is 0.0474. The van der Waals surface area contributed by atoms with Crippen LogP contribution >= 0.6 is 21.1 Å². The molecule has 8 heteroatoms. The van der Waals surface area contributed by atoms with Gasteiger partial charge in [-0.05, 0) is 25.7 Å². The van der Waals surface area contributed by atoms with Gasteiger partial charge in [-0.2, -0.15) is 0 Å². The lowest BCUT2D eigenvalue weighted by Crippen LogP contribution is -2.42. The van der Waals surface area contributed by atoms with Gasteiger partial charge in [-0.3, -0.25) is 4.57 Å². The average molecular weight is 565 g/mol. The van der Waals surface area contributed by atoms with Crippen LogP contribution in [0.2, 0.25) is 0 Å². The van der Waals surface area contributed by atoms with Crippen LogP contribution in [0.15, 0.2) is 0 Å². The second kappa shape index (κ2) is 24.8. The Kier molecular flexibility index (Phi) is 24.7. The molecule has 0 fully saturated rings. The molecule has 6 nitrogen and oxygen atoms in total. The smallest absolute Gasteiger partial charge is 0.379 e. The highest BCUT2D eigenvalue weighted by molar-refractivity contribution is 7.80. The molecule has 37 heavy (non-hydrogen) atoms. The maximum atomic E-state index is 12.0. The summed E-state index contributed by atoms with van der Waals surface area (Å²) >= 11 is 4.66. The first kappa shape index (κ1) is 36.8. The van der Waals surface area contributed by atoms with E-state index in [0.29, 0.717) is 12.3 Å². The van der Waals surface area contributed by atoms with Gasteiger partial charge in [0.05, 0.1) is 6.61 Å². The Bertz CT molecular complexity index is 552. The number of hydrogen-bond donors (Lipinski definition) is 2. The number of hydrogen-bond acceptors (Lipinski definition) is 7. The van der Waals surface area contributed by atoms with Crippen LogP contribution in [0, 0.1) is 5.92 Å². The van der Waals surface area contributed by atoms with Crippen LogP contribution in [-0.2, 0) is 23.6 Å². The van der Waals surface area contributed by atoms with Crippen LogP contribution in [0.5, 0.6) is 0 Å². The van der Waals surface area contributed by atoms with Crippen molar-refractivity contribution in [1.29, 1.82) is 0 Å². The third-order valence-electron chi connectivity index (χ3n) is 6.82. The van der Waals surface area contributed by atoms with Gasteiger partial charge < -0.3 is 19.3 Å². The lowest BCUT2D eigenvalue weighted by Gasteiger charge is -2.28. The monoisotopic (exact) mass is 564 g/mol. The molecule has 0 aromatic rings. The zero-order valence-electron chi connectivity index (χ0n) is 24.3. The summed E-state index contributed by atoms with van der Waals surface area (Å²) in [6, 6.07) is 0. The fraction of sp³-hybridized carbons (Fsp3) is 0.966. The molecule has 0 aliphatic carbocycles. The number of carbonyl (C=O) groups excluding carboxylic acids is 1. The summed E-state index contributed by atoms with van der Waals surface area (Å²) in [6.45, 7) is 7.96. The van der Waals surface area contributed by atoms with Crippen molar-refractivity contribution in [3.8, 4) is 0 Å². The van der Waals surface area contributed by atoms with Gasteiger partial charge in [0.1, 0.15) is 5.44 Å². The second-order valence-corrected chi connectivity index (χ2v) is 11.6. The molecule has 0 spiro atoms. The van der Waals surface area contributed by atoms with Gasteiger partial charge >= 0.3 is 11.5 Å². The Morgan fingerprint density at radius 3 is 1.68 bits per heavy atom. The van der Waals surface area contributed by atoms with Crippen LogP contribution in [0.3, 0.4) is 0 Å². The molecule has 4 unspecified atom stereocenters. The first-order valence-corrected chi connectivity index (χ1v) is 16.4. The minimum atomic E-state index is -2.57. The van der Waals surface area contributed by atoms with E-state index in [-0.39, 0.29) is 6.61 Å².